The molecule has 4 nitrogen and oxygen atoms in total. The standard InChI is InChI=1S/C11H12BrFN2O2/c12-7-2-1-3-8(13)10(7)15-11(4-9(16)17)5-14-6-11/h1-3,14-15H,4-6H2,(H,16,17). The van der Waals surface area contributed by atoms with E-state index >= 15 is 0 Å². The van der Waals surface area contributed by atoms with Crippen LogP contribution in [0.2, 0.25) is 0 Å². The molecular weight excluding hydrogens is 291 g/mol. The average Bonchev–Trinajstić information content (AvgIpc) is 2.19. The predicted octanol–water partition coefficient (Wildman–Crippen LogP) is 1.82. The number of anilines is 1. The Labute approximate surface area is 106 Å². The predicted molar refractivity (Wildman–Crippen MR) is 65.6 cm³/mol. The SMILES string of the molecule is O=C(O)CC1(Nc2c(F)cccc2Br)CNC1. The fourth-order valence-corrected chi connectivity index (χ4v) is 2.30. The number of aliphatic carboxylic acids is 1. The third-order valence-electron chi connectivity index (χ3n) is 2.77. The number of carboxylic acid groups (broad SMARTS) is 1. The van der Waals surface area contributed by atoms with E-state index in [0.717, 1.165) is 0 Å². The van der Waals surface area contributed by atoms with Gasteiger partial charge in [0.1, 0.15) is 5.82 Å². The molecule has 92 valence electrons. The summed E-state index contributed by atoms with van der Waals surface area (Å²) in [6.45, 7) is 1.03. The van der Waals surface area contributed by atoms with Gasteiger partial charge in [0.15, 0.2) is 0 Å². The molecule has 0 amide bonds. The van der Waals surface area contributed by atoms with E-state index in [0.29, 0.717) is 23.2 Å². The molecule has 1 aromatic carbocycles. The fourth-order valence-electron chi connectivity index (χ4n) is 1.86. The molecule has 0 saturated carbocycles. The normalized spacial score (nSPS) is 17.3. The Bertz CT molecular complexity index is 429. The molecule has 17 heavy (non-hydrogen) atoms. The van der Waals surface area contributed by atoms with E-state index in [1.165, 1.54) is 6.07 Å². The maximum Gasteiger partial charge on any atom is 0.305 e. The first-order chi connectivity index (χ1) is 8.02. The Hall–Kier alpha value is -1.14. The highest BCUT2D eigenvalue weighted by molar-refractivity contribution is 9.10. The highest BCUT2D eigenvalue weighted by atomic mass is 79.9. The van der Waals surface area contributed by atoms with Crippen LogP contribution < -0.4 is 10.6 Å². The molecule has 0 aliphatic carbocycles. The number of nitrogens with one attached hydrogen (secondary N) is 2. The summed E-state index contributed by atoms with van der Waals surface area (Å²) in [5.74, 6) is -1.29. The fraction of sp³-hybridized carbons (Fsp3) is 0.364. The number of para-hydroxylation sites is 1. The van der Waals surface area contributed by atoms with Gasteiger partial charge in [0.05, 0.1) is 17.6 Å². The largest absolute Gasteiger partial charge is 0.481 e. The summed E-state index contributed by atoms with van der Waals surface area (Å²) in [6, 6.07) is 4.65. The minimum absolute atomic E-state index is 0.0409. The Morgan fingerprint density at radius 2 is 2.29 bits per heavy atom. The lowest BCUT2D eigenvalue weighted by molar-refractivity contribution is -0.138. The minimum Gasteiger partial charge on any atom is -0.481 e. The zero-order valence-electron chi connectivity index (χ0n) is 8.96. The van der Waals surface area contributed by atoms with E-state index < -0.39 is 17.3 Å². The Kier molecular flexibility index (Phi) is 3.35. The summed E-state index contributed by atoms with van der Waals surface area (Å²) < 4.78 is 14.2. The Morgan fingerprint density at radius 3 is 2.76 bits per heavy atom. The molecule has 1 fully saturated rings. The van der Waals surface area contributed by atoms with Crippen LogP contribution in [0, 0.1) is 5.82 Å². The zero-order valence-corrected chi connectivity index (χ0v) is 10.6. The van der Waals surface area contributed by atoms with Crippen LogP contribution in [-0.4, -0.2) is 29.7 Å². The average molecular weight is 303 g/mol. The van der Waals surface area contributed by atoms with Crippen molar-refractivity contribution in [2.24, 2.45) is 0 Å². The maximum absolute atomic E-state index is 13.6. The molecule has 1 saturated heterocycles. The summed E-state index contributed by atoms with van der Waals surface area (Å²) >= 11 is 3.25. The number of hydrogen-bond donors (Lipinski definition) is 3. The highest BCUT2D eigenvalue weighted by Gasteiger charge is 2.39. The van der Waals surface area contributed by atoms with E-state index in [1.54, 1.807) is 12.1 Å². The summed E-state index contributed by atoms with van der Waals surface area (Å²) in [5, 5.41) is 14.9. The van der Waals surface area contributed by atoms with E-state index in [-0.39, 0.29) is 6.42 Å². The smallest absolute Gasteiger partial charge is 0.305 e. The second-order valence-electron chi connectivity index (χ2n) is 4.18. The molecule has 1 aromatic rings. The number of halogens is 2. The van der Waals surface area contributed by atoms with Gasteiger partial charge >= 0.3 is 5.97 Å². The van der Waals surface area contributed by atoms with Gasteiger partial charge in [-0.1, -0.05) is 6.07 Å². The molecule has 0 atom stereocenters. The molecule has 3 N–H and O–H groups in total. The summed E-state index contributed by atoms with van der Waals surface area (Å²) in [4.78, 5) is 10.8. The van der Waals surface area contributed by atoms with Crippen LogP contribution in [0.25, 0.3) is 0 Å². The molecule has 1 aliphatic rings. The van der Waals surface area contributed by atoms with E-state index in [9.17, 15) is 9.18 Å². The molecule has 0 unspecified atom stereocenters. The van der Waals surface area contributed by atoms with E-state index in [1.807, 2.05) is 0 Å². The molecule has 0 aromatic heterocycles. The molecule has 1 heterocycles. The number of rotatable bonds is 4. The lowest BCUT2D eigenvalue weighted by Crippen LogP contribution is -2.65. The molecule has 0 radical (unpaired) electrons. The van der Waals surface area contributed by atoms with Gasteiger partial charge in [-0.3, -0.25) is 4.79 Å². The van der Waals surface area contributed by atoms with Crippen molar-refractivity contribution >= 4 is 27.6 Å². The van der Waals surface area contributed by atoms with Crippen LogP contribution >= 0.6 is 15.9 Å². The van der Waals surface area contributed by atoms with Gasteiger partial charge < -0.3 is 15.7 Å². The quantitative estimate of drug-likeness (QED) is 0.794. The topological polar surface area (TPSA) is 61.4 Å². The maximum atomic E-state index is 13.6. The summed E-state index contributed by atoms with van der Waals surface area (Å²) in [6.07, 6.45) is -0.0409. The summed E-state index contributed by atoms with van der Waals surface area (Å²) in [5.41, 5.74) is -0.286. The minimum atomic E-state index is -0.897. The van der Waals surface area contributed by atoms with Crippen LogP contribution in [-0.2, 0) is 4.79 Å². The van der Waals surface area contributed by atoms with Crippen molar-refractivity contribution < 1.29 is 14.3 Å². The van der Waals surface area contributed by atoms with Gasteiger partial charge in [-0.25, -0.2) is 4.39 Å². The lowest BCUT2D eigenvalue weighted by atomic mass is 9.88. The summed E-state index contributed by atoms with van der Waals surface area (Å²) in [7, 11) is 0. The highest BCUT2D eigenvalue weighted by Crippen LogP contribution is 2.30. The molecule has 0 spiro atoms. The van der Waals surface area contributed by atoms with Gasteiger partial charge in [-0.2, -0.15) is 0 Å². The van der Waals surface area contributed by atoms with Crippen molar-refractivity contribution in [3.63, 3.8) is 0 Å². The molecule has 0 bridgehead atoms. The zero-order chi connectivity index (χ0) is 12.5. The van der Waals surface area contributed by atoms with Crippen molar-refractivity contribution in [3.8, 4) is 0 Å². The third-order valence-corrected chi connectivity index (χ3v) is 3.43. The monoisotopic (exact) mass is 302 g/mol. The van der Waals surface area contributed by atoms with Gasteiger partial charge in [0.2, 0.25) is 0 Å². The van der Waals surface area contributed by atoms with Crippen LogP contribution in [0.1, 0.15) is 6.42 Å². The number of benzene rings is 1. The second-order valence-corrected chi connectivity index (χ2v) is 5.03. The van der Waals surface area contributed by atoms with Crippen LogP contribution in [0.4, 0.5) is 10.1 Å². The van der Waals surface area contributed by atoms with Gasteiger partial charge in [0.25, 0.3) is 0 Å². The van der Waals surface area contributed by atoms with Gasteiger partial charge in [0, 0.05) is 17.6 Å². The molecule has 1 aliphatic heterocycles. The number of hydrogen-bond acceptors (Lipinski definition) is 3. The van der Waals surface area contributed by atoms with Crippen molar-refractivity contribution in [2.75, 3.05) is 18.4 Å². The Morgan fingerprint density at radius 1 is 1.59 bits per heavy atom. The van der Waals surface area contributed by atoms with Gasteiger partial charge in [-0.15, -0.1) is 0 Å². The first-order valence-electron chi connectivity index (χ1n) is 5.17. The van der Waals surface area contributed by atoms with Crippen molar-refractivity contribution in [1.82, 2.24) is 5.32 Å². The third kappa shape index (κ3) is 2.58. The first kappa shape index (κ1) is 12.3. The van der Waals surface area contributed by atoms with Gasteiger partial charge in [-0.05, 0) is 28.1 Å². The van der Waals surface area contributed by atoms with E-state index in [4.69, 9.17) is 5.11 Å². The van der Waals surface area contributed by atoms with Crippen LogP contribution in [0.15, 0.2) is 22.7 Å². The van der Waals surface area contributed by atoms with Crippen molar-refractivity contribution in [2.45, 2.75) is 12.0 Å². The van der Waals surface area contributed by atoms with Crippen LogP contribution in [0.3, 0.4) is 0 Å². The number of carboxylic acids is 1. The van der Waals surface area contributed by atoms with Crippen molar-refractivity contribution in [1.29, 1.82) is 0 Å². The second kappa shape index (κ2) is 4.62. The number of carbonyl (C=O) groups is 1. The molecule has 6 heteroatoms. The Balaban J connectivity index is 2.21. The lowest BCUT2D eigenvalue weighted by Gasteiger charge is -2.43. The first-order valence-corrected chi connectivity index (χ1v) is 5.96. The van der Waals surface area contributed by atoms with E-state index in [2.05, 4.69) is 26.6 Å². The molecular formula is C11H12BrFN2O2. The molecule has 2 rings (SSSR count). The van der Waals surface area contributed by atoms with Crippen LogP contribution in [0.5, 0.6) is 0 Å². The van der Waals surface area contributed by atoms with Crippen molar-refractivity contribution in [3.05, 3.63) is 28.5 Å².